The van der Waals surface area contributed by atoms with E-state index in [1.165, 1.54) is 10.4 Å². The van der Waals surface area contributed by atoms with Crippen LogP contribution in [0.1, 0.15) is 12.0 Å². The second kappa shape index (κ2) is 6.17. The van der Waals surface area contributed by atoms with Crippen molar-refractivity contribution in [1.29, 1.82) is 0 Å². The van der Waals surface area contributed by atoms with E-state index in [-0.39, 0.29) is 23.2 Å². The zero-order valence-electron chi connectivity index (χ0n) is 10.7. The minimum absolute atomic E-state index is 0. The van der Waals surface area contributed by atoms with Gasteiger partial charge in [-0.1, -0.05) is 12.1 Å². The molecule has 0 aromatic heterocycles. The first kappa shape index (κ1) is 16.4. The maximum atomic E-state index is 13.9. The minimum Gasteiger partial charge on any atom is -0.330 e. The molecule has 0 saturated carbocycles. The lowest BCUT2D eigenvalue weighted by atomic mass is 10.1. The number of nitrogens with zero attached hydrogens (tertiary/aromatic N) is 1. The van der Waals surface area contributed by atoms with E-state index in [2.05, 4.69) is 0 Å². The van der Waals surface area contributed by atoms with Gasteiger partial charge in [0, 0.05) is 13.1 Å². The van der Waals surface area contributed by atoms with Crippen LogP contribution >= 0.6 is 12.4 Å². The highest BCUT2D eigenvalue weighted by atomic mass is 35.5. The van der Waals surface area contributed by atoms with Crippen molar-refractivity contribution in [3.63, 3.8) is 0 Å². The fourth-order valence-corrected chi connectivity index (χ4v) is 3.84. The first-order chi connectivity index (χ1) is 8.46. The average molecular weight is 309 g/mol. The quantitative estimate of drug-likeness (QED) is 0.921. The lowest BCUT2D eigenvalue weighted by molar-refractivity contribution is 0.453. The van der Waals surface area contributed by atoms with Crippen molar-refractivity contribution in [3.8, 4) is 0 Å². The molecule has 1 fully saturated rings. The molecule has 1 aliphatic rings. The van der Waals surface area contributed by atoms with Gasteiger partial charge in [-0.3, -0.25) is 0 Å². The number of hydrogen-bond acceptors (Lipinski definition) is 3. The topological polar surface area (TPSA) is 63.4 Å². The summed E-state index contributed by atoms with van der Waals surface area (Å²) in [5, 5.41) is 0. The van der Waals surface area contributed by atoms with Crippen LogP contribution in [0.2, 0.25) is 0 Å². The summed E-state index contributed by atoms with van der Waals surface area (Å²) in [6, 6.07) is 4.43. The van der Waals surface area contributed by atoms with Crippen molar-refractivity contribution in [1.82, 2.24) is 4.31 Å². The Morgan fingerprint density at radius 3 is 2.74 bits per heavy atom. The molecule has 7 heteroatoms. The van der Waals surface area contributed by atoms with E-state index in [0.717, 1.165) is 6.42 Å². The lowest BCUT2D eigenvalue weighted by Crippen LogP contribution is -2.30. The van der Waals surface area contributed by atoms with Crippen molar-refractivity contribution in [2.75, 3.05) is 19.6 Å². The number of sulfonamides is 1. The van der Waals surface area contributed by atoms with Gasteiger partial charge in [-0.2, -0.15) is 4.31 Å². The summed E-state index contributed by atoms with van der Waals surface area (Å²) < 4.78 is 39.8. The van der Waals surface area contributed by atoms with Crippen molar-refractivity contribution in [3.05, 3.63) is 29.6 Å². The van der Waals surface area contributed by atoms with Gasteiger partial charge in [0.1, 0.15) is 10.7 Å². The molecule has 1 aliphatic heterocycles. The highest BCUT2D eigenvalue weighted by molar-refractivity contribution is 7.89. The molecule has 1 unspecified atom stereocenters. The number of benzene rings is 1. The van der Waals surface area contributed by atoms with Gasteiger partial charge in [0.25, 0.3) is 0 Å². The molecule has 0 bridgehead atoms. The van der Waals surface area contributed by atoms with Crippen molar-refractivity contribution in [2.45, 2.75) is 18.2 Å². The largest absolute Gasteiger partial charge is 0.330 e. The molecule has 0 radical (unpaired) electrons. The molecule has 1 aromatic rings. The summed E-state index contributed by atoms with van der Waals surface area (Å²) in [6.45, 7) is 2.81. The lowest BCUT2D eigenvalue weighted by Gasteiger charge is -2.17. The monoisotopic (exact) mass is 308 g/mol. The molecule has 0 spiro atoms. The van der Waals surface area contributed by atoms with Crippen LogP contribution in [0.3, 0.4) is 0 Å². The minimum atomic E-state index is -3.73. The van der Waals surface area contributed by atoms with Crippen LogP contribution < -0.4 is 5.73 Å². The molecule has 0 amide bonds. The Morgan fingerprint density at radius 2 is 2.16 bits per heavy atom. The number of aryl methyl sites for hydroxylation is 1. The molecule has 1 saturated heterocycles. The van der Waals surface area contributed by atoms with Gasteiger partial charge < -0.3 is 5.73 Å². The molecule has 1 heterocycles. The molecular weight excluding hydrogens is 291 g/mol. The normalized spacial score (nSPS) is 20.3. The summed E-state index contributed by atoms with van der Waals surface area (Å²) >= 11 is 0. The Kier molecular flexibility index (Phi) is 5.32. The van der Waals surface area contributed by atoms with Gasteiger partial charge in [-0.25, -0.2) is 12.8 Å². The van der Waals surface area contributed by atoms with Crippen LogP contribution in [-0.2, 0) is 10.0 Å². The molecule has 108 valence electrons. The van der Waals surface area contributed by atoms with E-state index in [1.54, 1.807) is 19.1 Å². The van der Waals surface area contributed by atoms with E-state index in [1.807, 2.05) is 0 Å². The molecular formula is C12H18ClFN2O2S. The van der Waals surface area contributed by atoms with Crippen LogP contribution in [0.5, 0.6) is 0 Å². The summed E-state index contributed by atoms with van der Waals surface area (Å²) in [4.78, 5) is -0.236. The highest BCUT2D eigenvalue weighted by Crippen LogP contribution is 2.26. The predicted octanol–water partition coefficient (Wildman–Crippen LogP) is 1.53. The van der Waals surface area contributed by atoms with Crippen LogP contribution in [-0.4, -0.2) is 32.4 Å². The van der Waals surface area contributed by atoms with Crippen LogP contribution in [0.4, 0.5) is 4.39 Å². The fraction of sp³-hybridized carbons (Fsp3) is 0.500. The molecule has 2 rings (SSSR count). The third-order valence-electron chi connectivity index (χ3n) is 3.36. The summed E-state index contributed by atoms with van der Waals surface area (Å²) in [6.07, 6.45) is 0.739. The fourth-order valence-electron chi connectivity index (χ4n) is 2.17. The number of halogens is 2. The van der Waals surface area contributed by atoms with Crippen molar-refractivity contribution in [2.24, 2.45) is 11.7 Å². The summed E-state index contributed by atoms with van der Waals surface area (Å²) in [5.74, 6) is -0.485. The summed E-state index contributed by atoms with van der Waals surface area (Å²) in [7, 11) is -3.73. The maximum absolute atomic E-state index is 13.9. The smallest absolute Gasteiger partial charge is 0.246 e. The molecule has 1 atom stereocenters. The Labute approximate surface area is 119 Å². The van der Waals surface area contributed by atoms with Gasteiger partial charge in [0.05, 0.1) is 0 Å². The average Bonchev–Trinajstić information content (AvgIpc) is 2.81. The van der Waals surface area contributed by atoms with Crippen LogP contribution in [0.15, 0.2) is 23.1 Å². The molecule has 2 N–H and O–H groups in total. The van der Waals surface area contributed by atoms with Gasteiger partial charge in [-0.15, -0.1) is 12.4 Å². The molecule has 1 aromatic carbocycles. The Balaban J connectivity index is 0.00000180. The van der Waals surface area contributed by atoms with Crippen LogP contribution in [0, 0.1) is 18.7 Å². The Hall–Kier alpha value is -0.690. The zero-order valence-corrected chi connectivity index (χ0v) is 12.3. The molecule has 4 nitrogen and oxygen atoms in total. The van der Waals surface area contributed by atoms with E-state index in [9.17, 15) is 12.8 Å². The second-order valence-corrected chi connectivity index (χ2v) is 6.55. The number of hydrogen-bond donors (Lipinski definition) is 1. The first-order valence-electron chi connectivity index (χ1n) is 5.92. The van der Waals surface area contributed by atoms with Gasteiger partial charge >= 0.3 is 0 Å². The van der Waals surface area contributed by atoms with E-state index in [4.69, 9.17) is 5.73 Å². The van der Waals surface area contributed by atoms with Crippen LogP contribution in [0.25, 0.3) is 0 Å². The van der Waals surface area contributed by atoms with Gasteiger partial charge in [0.2, 0.25) is 10.0 Å². The Morgan fingerprint density at radius 1 is 1.47 bits per heavy atom. The standard InChI is InChI=1S/C12H17FN2O2S.ClH/c1-9-3-2-4-11(12(9)13)18(16,17)15-6-5-10(7-14)8-15;/h2-4,10H,5-8,14H2,1H3;1H. The van der Waals surface area contributed by atoms with Crippen molar-refractivity contribution >= 4 is 22.4 Å². The van der Waals surface area contributed by atoms with Crippen molar-refractivity contribution < 1.29 is 12.8 Å². The molecule has 19 heavy (non-hydrogen) atoms. The van der Waals surface area contributed by atoms with E-state index in [0.29, 0.717) is 25.2 Å². The van der Waals surface area contributed by atoms with Gasteiger partial charge in [0.15, 0.2) is 0 Å². The number of nitrogens with two attached hydrogens (primary N) is 1. The third-order valence-corrected chi connectivity index (χ3v) is 5.24. The highest BCUT2D eigenvalue weighted by Gasteiger charge is 2.33. The van der Waals surface area contributed by atoms with E-state index < -0.39 is 15.8 Å². The first-order valence-corrected chi connectivity index (χ1v) is 7.36. The third kappa shape index (κ3) is 3.08. The molecule has 0 aliphatic carbocycles. The second-order valence-electron chi connectivity index (χ2n) is 4.64. The Bertz CT molecular complexity index is 551. The predicted molar refractivity (Wildman–Crippen MR) is 74.3 cm³/mol. The van der Waals surface area contributed by atoms with E-state index >= 15 is 0 Å². The number of rotatable bonds is 3. The summed E-state index contributed by atoms with van der Waals surface area (Å²) in [5.41, 5.74) is 5.87. The zero-order chi connectivity index (χ0) is 13.3. The van der Waals surface area contributed by atoms with Gasteiger partial charge in [-0.05, 0) is 37.4 Å². The SMILES string of the molecule is Cc1cccc(S(=O)(=O)N2CCC(CN)C2)c1F.Cl. The maximum Gasteiger partial charge on any atom is 0.246 e.